The molecule has 2 saturated heterocycles. The Kier molecular flexibility index (Phi) is 7.33. The Bertz CT molecular complexity index is 1780. The van der Waals surface area contributed by atoms with Crippen molar-refractivity contribution in [1.29, 1.82) is 5.26 Å². The van der Waals surface area contributed by atoms with Crippen LogP contribution in [0, 0.1) is 11.3 Å². The minimum atomic E-state index is -0.420. The number of likely N-dealkylation sites (tertiary alicyclic amines) is 1. The summed E-state index contributed by atoms with van der Waals surface area (Å²) in [5, 5.41) is 15.4. The molecule has 3 aliphatic carbocycles. The lowest BCUT2D eigenvalue weighted by molar-refractivity contribution is -0.129. The largest absolute Gasteiger partial charge is 0.473 e. The number of hydrogen-bond donors (Lipinski definition) is 1. The van der Waals surface area contributed by atoms with E-state index in [0.29, 0.717) is 53.6 Å². The first-order valence-corrected chi connectivity index (χ1v) is 17.8. The minimum Gasteiger partial charge on any atom is -0.473 e. The molecule has 3 fully saturated rings. The summed E-state index contributed by atoms with van der Waals surface area (Å²) in [5.41, 5.74) is 9.07. The van der Waals surface area contributed by atoms with Gasteiger partial charge in [-0.25, -0.2) is 4.98 Å². The number of aryl methyl sites for hydroxylation is 1. The molecule has 47 heavy (non-hydrogen) atoms. The Morgan fingerprint density at radius 3 is 2.74 bits per heavy atom. The molecule has 8 rings (SSSR count). The lowest BCUT2D eigenvalue weighted by Gasteiger charge is -2.42. The number of thiophene rings is 1. The van der Waals surface area contributed by atoms with E-state index < -0.39 is 5.41 Å². The van der Waals surface area contributed by atoms with Crippen molar-refractivity contribution in [1.82, 2.24) is 24.9 Å². The van der Waals surface area contributed by atoms with Crippen LogP contribution in [0.4, 0.5) is 10.8 Å². The smallest absolute Gasteiger partial charge is 0.246 e. The normalized spacial score (nSPS) is 25.3. The number of likely N-dealkylation sites (N-methyl/N-ethyl adjacent to an activating group) is 1. The van der Waals surface area contributed by atoms with Crippen molar-refractivity contribution in [3.8, 4) is 23.5 Å². The second-order valence-electron chi connectivity index (χ2n) is 14.1. The van der Waals surface area contributed by atoms with Gasteiger partial charge in [0.2, 0.25) is 11.8 Å². The predicted octanol–water partition coefficient (Wildman–Crippen LogP) is 4.83. The summed E-state index contributed by atoms with van der Waals surface area (Å²) in [6.45, 7) is 8.87. The van der Waals surface area contributed by atoms with Gasteiger partial charge in [-0.15, -0.1) is 11.3 Å². The number of nitrogens with two attached hydrogens (primary N) is 1. The molecule has 1 amide bonds. The average molecular weight is 655 g/mol. The van der Waals surface area contributed by atoms with Crippen LogP contribution in [0.3, 0.4) is 0 Å². The molecule has 3 aromatic heterocycles. The number of anilines is 2. The number of nitriles is 1. The number of nitrogens with zero attached hydrogens (tertiary/aromatic N) is 7. The Morgan fingerprint density at radius 1 is 1.21 bits per heavy atom. The quantitative estimate of drug-likeness (QED) is 0.368. The maximum Gasteiger partial charge on any atom is 0.246 e. The fourth-order valence-corrected chi connectivity index (χ4v) is 10.1. The van der Waals surface area contributed by atoms with Gasteiger partial charge in [0.15, 0.2) is 17.3 Å². The standard InChI is InChI=1S/C35H42N8O3S/c1-4-28(44)43-17-16-42(20-34(43)13-14-34)26-18-27(45-21(2)24-9-7-15-41(24)3)39-33(38-26)30-22-8-5-11-35(31(22)46-40-30)12-6-10-25-29(35)23(19-36)32(37)47-25/h4,18,21,24H,1,5-17,20,37H2,2-3H3/t21-,24-,35-/m0/s1. The highest BCUT2D eigenvalue weighted by molar-refractivity contribution is 7.16. The number of hydrogen-bond acceptors (Lipinski definition) is 11. The van der Waals surface area contributed by atoms with Gasteiger partial charge >= 0.3 is 0 Å². The molecule has 0 unspecified atom stereocenters. The molecule has 2 spiro atoms. The number of amides is 1. The summed E-state index contributed by atoms with van der Waals surface area (Å²) in [4.78, 5) is 30.6. The van der Waals surface area contributed by atoms with Crippen LogP contribution in [0.15, 0.2) is 23.2 Å². The van der Waals surface area contributed by atoms with E-state index in [-0.39, 0.29) is 17.6 Å². The number of rotatable bonds is 6. The number of aromatic nitrogens is 3. The third-order valence-electron chi connectivity index (χ3n) is 11.4. The summed E-state index contributed by atoms with van der Waals surface area (Å²) in [5.74, 6) is 2.60. The van der Waals surface area contributed by atoms with Gasteiger partial charge < -0.3 is 24.8 Å². The molecule has 0 bridgehead atoms. The van der Waals surface area contributed by atoms with E-state index in [9.17, 15) is 10.1 Å². The Morgan fingerprint density at radius 2 is 2.02 bits per heavy atom. The highest BCUT2D eigenvalue weighted by Crippen LogP contribution is 2.55. The molecular weight excluding hydrogens is 613 g/mol. The lowest BCUT2D eigenvalue weighted by Crippen LogP contribution is -2.57. The second-order valence-corrected chi connectivity index (χ2v) is 15.3. The number of nitrogen functional groups attached to an aromatic ring is 1. The van der Waals surface area contributed by atoms with Crippen LogP contribution in [0.1, 0.15) is 85.6 Å². The highest BCUT2D eigenvalue weighted by Gasteiger charge is 2.53. The monoisotopic (exact) mass is 654 g/mol. The van der Waals surface area contributed by atoms with Gasteiger partial charge in [-0.05, 0) is 96.4 Å². The Balaban J connectivity index is 1.20. The molecule has 5 heterocycles. The molecule has 246 valence electrons. The number of carbonyl (C=O) groups is 1. The van der Waals surface area contributed by atoms with Crippen molar-refractivity contribution in [2.75, 3.05) is 43.9 Å². The summed E-state index contributed by atoms with van der Waals surface area (Å²) < 4.78 is 12.9. The van der Waals surface area contributed by atoms with Crippen LogP contribution in [-0.2, 0) is 23.1 Å². The zero-order valence-corrected chi connectivity index (χ0v) is 28.1. The van der Waals surface area contributed by atoms with Gasteiger partial charge in [-0.3, -0.25) is 9.69 Å². The zero-order valence-electron chi connectivity index (χ0n) is 27.3. The topological polar surface area (TPSA) is 138 Å². The summed E-state index contributed by atoms with van der Waals surface area (Å²) in [6.07, 6.45) is 11.0. The van der Waals surface area contributed by atoms with Crippen LogP contribution in [0.5, 0.6) is 5.88 Å². The Hall–Kier alpha value is -3.95. The molecule has 1 saturated carbocycles. The average Bonchev–Trinajstić information content (AvgIpc) is 3.38. The molecule has 3 atom stereocenters. The van der Waals surface area contributed by atoms with Crippen LogP contribution in [0.25, 0.3) is 11.5 Å². The van der Waals surface area contributed by atoms with Gasteiger partial charge in [0.25, 0.3) is 0 Å². The summed E-state index contributed by atoms with van der Waals surface area (Å²) in [7, 11) is 2.15. The van der Waals surface area contributed by atoms with E-state index in [1.165, 1.54) is 11.0 Å². The number of piperazine rings is 1. The van der Waals surface area contributed by atoms with Crippen molar-refractivity contribution in [2.24, 2.45) is 0 Å². The van der Waals surface area contributed by atoms with Gasteiger partial charge in [-0.2, -0.15) is 10.2 Å². The molecule has 3 aromatic rings. The first-order chi connectivity index (χ1) is 22.8. The van der Waals surface area contributed by atoms with Crippen molar-refractivity contribution in [3.05, 3.63) is 46.0 Å². The summed E-state index contributed by atoms with van der Waals surface area (Å²) >= 11 is 1.54. The summed E-state index contributed by atoms with van der Waals surface area (Å²) in [6, 6.07) is 4.67. The number of ether oxygens (including phenoxy) is 1. The van der Waals surface area contributed by atoms with E-state index in [1.54, 1.807) is 11.3 Å². The Labute approximate surface area is 279 Å². The maximum atomic E-state index is 12.7. The predicted molar refractivity (Wildman–Crippen MR) is 179 cm³/mol. The minimum absolute atomic E-state index is 0.00924. The molecule has 0 aromatic carbocycles. The molecule has 5 aliphatic rings. The van der Waals surface area contributed by atoms with Gasteiger partial charge in [0, 0.05) is 42.2 Å². The van der Waals surface area contributed by atoms with Gasteiger partial charge in [-0.1, -0.05) is 11.7 Å². The van der Waals surface area contributed by atoms with Crippen LogP contribution >= 0.6 is 11.3 Å². The molecule has 12 heteroatoms. The first-order valence-electron chi connectivity index (χ1n) is 17.0. The zero-order chi connectivity index (χ0) is 32.5. The first kappa shape index (κ1) is 30.4. The number of fused-ring (bicyclic) bond motifs is 4. The molecule has 11 nitrogen and oxygen atoms in total. The molecule has 2 aliphatic heterocycles. The van der Waals surface area contributed by atoms with Crippen LogP contribution < -0.4 is 15.4 Å². The van der Waals surface area contributed by atoms with E-state index in [2.05, 4.69) is 41.6 Å². The van der Waals surface area contributed by atoms with E-state index in [1.807, 2.05) is 11.0 Å². The van der Waals surface area contributed by atoms with Crippen molar-refractivity contribution in [2.45, 2.75) is 94.2 Å². The van der Waals surface area contributed by atoms with Crippen LogP contribution in [-0.4, -0.2) is 81.7 Å². The molecule has 2 N–H and O–H groups in total. The van der Waals surface area contributed by atoms with E-state index in [4.69, 9.17) is 25.0 Å². The third kappa shape index (κ3) is 4.84. The van der Waals surface area contributed by atoms with Crippen LogP contribution in [0.2, 0.25) is 0 Å². The van der Waals surface area contributed by atoms with Gasteiger partial charge in [0.05, 0.1) is 16.5 Å². The van der Waals surface area contributed by atoms with Gasteiger partial charge in [0.1, 0.15) is 23.0 Å². The number of carbonyl (C=O) groups excluding carboxylic acids is 1. The fraction of sp³-hybridized carbons (Fsp3) is 0.571. The maximum absolute atomic E-state index is 12.7. The fourth-order valence-electron chi connectivity index (χ4n) is 8.96. The van der Waals surface area contributed by atoms with Crippen molar-refractivity contribution >= 4 is 28.1 Å². The molecular formula is C35H42N8O3S. The third-order valence-corrected chi connectivity index (χ3v) is 12.5. The van der Waals surface area contributed by atoms with E-state index in [0.717, 1.165) is 93.5 Å². The second kappa shape index (κ2) is 11.3. The highest BCUT2D eigenvalue weighted by atomic mass is 32.1. The SMILES string of the molecule is C=CC(=O)N1CCN(c2cc(O[C@@H](C)[C@@H]3CCCN3C)nc(-c3noc4c3CCC[C@@]43CCCc4sc(N)c(C#N)c43)n2)CC12CC2. The molecule has 0 radical (unpaired) electrons. The van der Waals surface area contributed by atoms with Crippen molar-refractivity contribution < 1.29 is 14.1 Å². The van der Waals surface area contributed by atoms with E-state index >= 15 is 0 Å². The van der Waals surface area contributed by atoms with Crippen molar-refractivity contribution in [3.63, 3.8) is 0 Å². The lowest BCUT2D eigenvalue weighted by atomic mass is 9.63.